The third-order valence-corrected chi connectivity index (χ3v) is 6.35. The summed E-state index contributed by atoms with van der Waals surface area (Å²) in [6, 6.07) is 16.4. The van der Waals surface area contributed by atoms with Crippen molar-refractivity contribution >= 4 is 34.0 Å². The van der Waals surface area contributed by atoms with Crippen molar-refractivity contribution in [3.8, 4) is 17.2 Å². The Labute approximate surface area is 212 Å². The van der Waals surface area contributed by atoms with Crippen molar-refractivity contribution in [1.82, 2.24) is 5.16 Å². The molecule has 0 aliphatic carbocycles. The first-order valence-electron chi connectivity index (χ1n) is 11.4. The van der Waals surface area contributed by atoms with Gasteiger partial charge in [0.15, 0.2) is 17.3 Å². The van der Waals surface area contributed by atoms with Crippen LogP contribution in [0.2, 0.25) is 0 Å². The molecule has 0 radical (unpaired) electrons. The van der Waals surface area contributed by atoms with Crippen molar-refractivity contribution in [2.24, 2.45) is 0 Å². The zero-order valence-electron chi connectivity index (χ0n) is 20.6. The summed E-state index contributed by atoms with van der Waals surface area (Å²) < 4.78 is 21.3. The predicted molar refractivity (Wildman–Crippen MR) is 136 cm³/mol. The Morgan fingerprint density at radius 3 is 2.30 bits per heavy atom. The summed E-state index contributed by atoms with van der Waals surface area (Å²) in [5.41, 5.74) is 0.827. The van der Waals surface area contributed by atoms with Crippen molar-refractivity contribution in [3.05, 3.63) is 83.1 Å². The van der Waals surface area contributed by atoms with Crippen LogP contribution >= 0.6 is 0 Å². The highest BCUT2D eigenvalue weighted by atomic mass is 16.5. The molecule has 1 unspecified atom stereocenters. The number of aromatic nitrogens is 1. The number of Topliss-reactive ketones (excluding diaryl/α,β-unsaturated/α-hetero) is 1. The van der Waals surface area contributed by atoms with Gasteiger partial charge in [0.05, 0.1) is 32.9 Å². The number of aliphatic hydroxyl groups excluding tert-OH is 1. The highest BCUT2D eigenvalue weighted by Gasteiger charge is 2.48. The number of hydrogen-bond donors (Lipinski definition) is 1. The maximum absolute atomic E-state index is 13.4. The predicted octanol–water partition coefficient (Wildman–Crippen LogP) is 4.79. The van der Waals surface area contributed by atoms with Crippen LogP contribution in [0.15, 0.2) is 70.8 Å². The fraction of sp³-hybridized carbons (Fsp3) is 0.179. The maximum Gasteiger partial charge on any atom is 0.301 e. The SMILES string of the molecule is COc1ccc2cc(/C(O)=C3\C(=O)C(=O)N(c4cc(C)on4)C3c3ccc(OC)c(OC)c3)ccc2c1. The molecular weight excluding hydrogens is 476 g/mol. The standard InChI is InChI=1S/C28H24N2O7/c1-15-11-23(29-37-15)30-25(18-8-10-21(35-3)22(14-18)36-4)24(27(32)28(30)33)26(31)19-6-5-17-13-20(34-2)9-7-16(17)12-19/h5-14,25,31H,1-4H3/b26-24+. The molecule has 1 N–H and O–H groups in total. The number of rotatable bonds is 6. The summed E-state index contributed by atoms with van der Waals surface area (Å²) in [6.07, 6.45) is 0. The summed E-state index contributed by atoms with van der Waals surface area (Å²) in [6.45, 7) is 1.68. The lowest BCUT2D eigenvalue weighted by Crippen LogP contribution is -2.29. The van der Waals surface area contributed by atoms with E-state index >= 15 is 0 Å². The number of aryl methyl sites for hydroxylation is 1. The van der Waals surface area contributed by atoms with Crippen LogP contribution in [0.3, 0.4) is 0 Å². The number of anilines is 1. The van der Waals surface area contributed by atoms with Crippen molar-refractivity contribution in [1.29, 1.82) is 0 Å². The van der Waals surface area contributed by atoms with E-state index in [1.54, 1.807) is 50.4 Å². The van der Waals surface area contributed by atoms with Crippen LogP contribution in [-0.4, -0.2) is 43.3 Å². The Morgan fingerprint density at radius 2 is 1.62 bits per heavy atom. The minimum absolute atomic E-state index is 0.0780. The number of ether oxygens (including phenoxy) is 3. The smallest absolute Gasteiger partial charge is 0.301 e. The van der Waals surface area contributed by atoms with Crippen molar-refractivity contribution < 1.29 is 33.4 Å². The van der Waals surface area contributed by atoms with E-state index in [-0.39, 0.29) is 17.2 Å². The van der Waals surface area contributed by atoms with Crippen LogP contribution in [0.1, 0.15) is 22.9 Å². The summed E-state index contributed by atoms with van der Waals surface area (Å²) in [5.74, 6) is 0.224. The van der Waals surface area contributed by atoms with Gasteiger partial charge in [0.25, 0.3) is 5.78 Å². The Hall–Kier alpha value is -4.79. The van der Waals surface area contributed by atoms with Gasteiger partial charge in [-0.25, -0.2) is 0 Å². The molecule has 188 valence electrons. The molecule has 1 aliphatic rings. The molecular formula is C28H24N2O7. The average Bonchev–Trinajstić information content (AvgIpc) is 3.46. The van der Waals surface area contributed by atoms with E-state index in [2.05, 4.69) is 5.16 Å². The molecule has 37 heavy (non-hydrogen) atoms. The molecule has 1 aromatic heterocycles. The van der Waals surface area contributed by atoms with E-state index in [0.29, 0.717) is 34.1 Å². The van der Waals surface area contributed by atoms with Gasteiger partial charge in [-0.1, -0.05) is 29.4 Å². The summed E-state index contributed by atoms with van der Waals surface area (Å²) in [4.78, 5) is 27.9. The summed E-state index contributed by atoms with van der Waals surface area (Å²) in [5, 5.41) is 17.1. The number of aliphatic hydroxyl groups is 1. The molecule has 1 saturated heterocycles. The first-order valence-corrected chi connectivity index (χ1v) is 11.4. The van der Waals surface area contributed by atoms with Crippen molar-refractivity contribution in [2.75, 3.05) is 26.2 Å². The van der Waals surface area contributed by atoms with E-state index in [1.807, 2.05) is 24.3 Å². The fourth-order valence-electron chi connectivity index (χ4n) is 4.53. The lowest BCUT2D eigenvalue weighted by molar-refractivity contribution is -0.132. The van der Waals surface area contributed by atoms with E-state index in [9.17, 15) is 14.7 Å². The van der Waals surface area contributed by atoms with Crippen LogP contribution in [0.5, 0.6) is 17.2 Å². The Morgan fingerprint density at radius 1 is 0.892 bits per heavy atom. The molecule has 2 heterocycles. The van der Waals surface area contributed by atoms with Gasteiger partial charge < -0.3 is 23.8 Å². The van der Waals surface area contributed by atoms with Gasteiger partial charge in [0.1, 0.15) is 17.3 Å². The molecule has 9 nitrogen and oxygen atoms in total. The monoisotopic (exact) mass is 500 g/mol. The topological polar surface area (TPSA) is 111 Å². The highest BCUT2D eigenvalue weighted by molar-refractivity contribution is 6.51. The molecule has 9 heteroatoms. The van der Waals surface area contributed by atoms with Crippen LogP contribution in [0.25, 0.3) is 16.5 Å². The van der Waals surface area contributed by atoms with Gasteiger partial charge in [-0.2, -0.15) is 0 Å². The second-order valence-electron chi connectivity index (χ2n) is 8.51. The van der Waals surface area contributed by atoms with E-state index in [0.717, 1.165) is 10.8 Å². The van der Waals surface area contributed by atoms with Gasteiger partial charge in [-0.15, -0.1) is 0 Å². The highest BCUT2D eigenvalue weighted by Crippen LogP contribution is 2.44. The molecule has 1 amide bonds. The number of hydrogen-bond acceptors (Lipinski definition) is 8. The second-order valence-corrected chi connectivity index (χ2v) is 8.51. The van der Waals surface area contributed by atoms with E-state index in [1.165, 1.54) is 19.1 Å². The van der Waals surface area contributed by atoms with Crippen LogP contribution < -0.4 is 19.1 Å². The van der Waals surface area contributed by atoms with E-state index < -0.39 is 17.7 Å². The molecule has 1 aliphatic heterocycles. The van der Waals surface area contributed by atoms with Crippen molar-refractivity contribution in [2.45, 2.75) is 13.0 Å². The minimum Gasteiger partial charge on any atom is -0.507 e. The first kappa shape index (κ1) is 23.9. The number of carbonyl (C=O) groups excluding carboxylic acids is 2. The molecule has 1 atom stereocenters. The Bertz CT molecular complexity index is 1570. The van der Waals surface area contributed by atoms with Crippen LogP contribution in [-0.2, 0) is 9.59 Å². The number of nitrogens with zero attached hydrogens (tertiary/aromatic N) is 2. The maximum atomic E-state index is 13.4. The second kappa shape index (κ2) is 9.34. The largest absolute Gasteiger partial charge is 0.507 e. The molecule has 4 aromatic rings. The van der Waals surface area contributed by atoms with Gasteiger partial charge in [0, 0.05) is 11.6 Å². The summed E-state index contributed by atoms with van der Waals surface area (Å²) >= 11 is 0. The van der Waals surface area contributed by atoms with Crippen LogP contribution in [0, 0.1) is 6.92 Å². The number of fused-ring (bicyclic) bond motifs is 1. The fourth-order valence-corrected chi connectivity index (χ4v) is 4.53. The molecule has 0 bridgehead atoms. The van der Waals surface area contributed by atoms with Crippen molar-refractivity contribution in [3.63, 3.8) is 0 Å². The van der Waals surface area contributed by atoms with Gasteiger partial charge >= 0.3 is 5.91 Å². The third kappa shape index (κ3) is 4.04. The van der Waals surface area contributed by atoms with Crippen LogP contribution in [0.4, 0.5) is 5.82 Å². The molecule has 0 saturated carbocycles. The number of methoxy groups -OCH3 is 3. The number of benzene rings is 3. The van der Waals surface area contributed by atoms with Gasteiger partial charge in [-0.05, 0) is 53.6 Å². The average molecular weight is 501 g/mol. The van der Waals surface area contributed by atoms with Gasteiger partial charge in [-0.3, -0.25) is 14.5 Å². The number of carbonyl (C=O) groups is 2. The zero-order chi connectivity index (χ0) is 26.3. The lowest BCUT2D eigenvalue weighted by Gasteiger charge is -2.23. The molecule has 5 rings (SSSR count). The normalized spacial score (nSPS) is 16.9. The first-order chi connectivity index (χ1) is 17.9. The minimum atomic E-state index is -0.990. The lowest BCUT2D eigenvalue weighted by atomic mass is 9.94. The van der Waals surface area contributed by atoms with E-state index in [4.69, 9.17) is 18.7 Å². The molecule has 1 fully saturated rings. The van der Waals surface area contributed by atoms with Gasteiger partial charge in [0.2, 0.25) is 0 Å². The summed E-state index contributed by atoms with van der Waals surface area (Å²) in [7, 11) is 4.59. The number of ketones is 1. The quantitative estimate of drug-likeness (QED) is 0.229. The zero-order valence-corrected chi connectivity index (χ0v) is 20.6. The molecule has 0 spiro atoms. The third-order valence-electron chi connectivity index (χ3n) is 6.35. The molecule has 3 aromatic carbocycles. The number of amides is 1. The Kier molecular flexibility index (Phi) is 6.04. The Balaban J connectivity index is 1.71.